The van der Waals surface area contributed by atoms with E-state index in [9.17, 15) is 5.11 Å². The van der Waals surface area contributed by atoms with Crippen LogP contribution in [0.3, 0.4) is 0 Å². The molecule has 0 atom stereocenters. The van der Waals surface area contributed by atoms with Gasteiger partial charge in [0.1, 0.15) is 5.75 Å². The summed E-state index contributed by atoms with van der Waals surface area (Å²) in [5.74, 6) is 0.404. The minimum Gasteiger partial charge on any atom is -0.508 e. The monoisotopic (exact) mass is 241 g/mol. The summed E-state index contributed by atoms with van der Waals surface area (Å²) in [5, 5.41) is 12.7. The zero-order chi connectivity index (χ0) is 12.6. The van der Waals surface area contributed by atoms with Gasteiger partial charge in [0.2, 0.25) is 0 Å². The molecule has 2 aromatic carbocycles. The third kappa shape index (κ3) is 1.60. The number of fused-ring (bicyclic) bond motifs is 1. The molecule has 0 bridgehead atoms. The van der Waals surface area contributed by atoms with E-state index in [1.165, 1.54) is 18.2 Å². The van der Waals surface area contributed by atoms with Crippen molar-refractivity contribution in [2.45, 2.75) is 31.1 Å². The number of benzene rings is 2. The number of hydrogen-bond acceptors (Lipinski definition) is 2. The summed E-state index contributed by atoms with van der Waals surface area (Å²) in [6.07, 6.45) is 4.59. The molecule has 0 spiro atoms. The van der Waals surface area contributed by atoms with Crippen LogP contribution >= 0.6 is 0 Å². The number of phenolic OH excluding ortho intramolecular Hbond substituents is 1. The van der Waals surface area contributed by atoms with Crippen LogP contribution in [0.4, 0.5) is 0 Å². The quantitative estimate of drug-likeness (QED) is 0.847. The van der Waals surface area contributed by atoms with E-state index in [1.807, 2.05) is 24.3 Å². The van der Waals surface area contributed by atoms with E-state index in [2.05, 4.69) is 12.1 Å². The average molecular weight is 241 g/mol. The molecule has 2 nitrogen and oxygen atoms in total. The Labute approximate surface area is 107 Å². The van der Waals surface area contributed by atoms with Gasteiger partial charge in [-0.15, -0.1) is 0 Å². The Hall–Kier alpha value is -1.54. The minimum atomic E-state index is -0.0229. The number of phenols is 1. The van der Waals surface area contributed by atoms with Crippen LogP contribution in [0.5, 0.6) is 5.75 Å². The van der Waals surface area contributed by atoms with Gasteiger partial charge in [0.15, 0.2) is 0 Å². The minimum absolute atomic E-state index is 0.0229. The molecule has 0 aliphatic heterocycles. The lowest BCUT2D eigenvalue weighted by atomic mass is 9.76. The third-order valence-electron chi connectivity index (χ3n) is 4.39. The van der Waals surface area contributed by atoms with Crippen LogP contribution < -0.4 is 5.73 Å². The van der Waals surface area contributed by atoms with Crippen LogP contribution in [0.2, 0.25) is 0 Å². The van der Waals surface area contributed by atoms with Crippen LogP contribution in [0, 0.1) is 0 Å². The van der Waals surface area contributed by atoms with Gasteiger partial charge in [0.05, 0.1) is 0 Å². The smallest absolute Gasteiger partial charge is 0.120 e. The standard InChI is InChI=1S/C16H19NO/c17-11-16(9-3-4-10-16)15-13-6-2-1-5-12(13)7-8-14(15)18/h1-2,5-8,18H,3-4,9-11,17H2. The normalized spacial score (nSPS) is 18.3. The Morgan fingerprint density at radius 1 is 1.06 bits per heavy atom. The lowest BCUT2D eigenvalue weighted by Gasteiger charge is -2.30. The van der Waals surface area contributed by atoms with Gasteiger partial charge < -0.3 is 10.8 Å². The molecule has 0 amide bonds. The molecule has 0 unspecified atom stereocenters. The summed E-state index contributed by atoms with van der Waals surface area (Å²) in [7, 11) is 0. The van der Waals surface area contributed by atoms with Crippen molar-refractivity contribution in [1.82, 2.24) is 0 Å². The number of nitrogens with two attached hydrogens (primary N) is 1. The van der Waals surface area contributed by atoms with Crippen molar-refractivity contribution in [2.75, 3.05) is 6.54 Å². The van der Waals surface area contributed by atoms with Crippen molar-refractivity contribution in [3.8, 4) is 5.75 Å². The van der Waals surface area contributed by atoms with Gasteiger partial charge in [-0.3, -0.25) is 0 Å². The van der Waals surface area contributed by atoms with E-state index in [0.717, 1.165) is 23.8 Å². The zero-order valence-corrected chi connectivity index (χ0v) is 10.5. The molecule has 0 heterocycles. The first kappa shape index (κ1) is 11.5. The van der Waals surface area contributed by atoms with Crippen LogP contribution in [0.1, 0.15) is 31.2 Å². The molecule has 1 fully saturated rings. The molecule has 2 aromatic rings. The molecule has 1 aliphatic rings. The van der Waals surface area contributed by atoms with Crippen LogP contribution in [-0.4, -0.2) is 11.7 Å². The molecule has 94 valence electrons. The molecule has 18 heavy (non-hydrogen) atoms. The van der Waals surface area contributed by atoms with Crippen molar-refractivity contribution in [1.29, 1.82) is 0 Å². The lowest BCUT2D eigenvalue weighted by molar-refractivity contribution is 0.409. The molecule has 3 N–H and O–H groups in total. The number of rotatable bonds is 2. The van der Waals surface area contributed by atoms with Gasteiger partial charge in [-0.25, -0.2) is 0 Å². The highest BCUT2D eigenvalue weighted by Crippen LogP contribution is 2.46. The maximum Gasteiger partial charge on any atom is 0.120 e. The van der Waals surface area contributed by atoms with E-state index in [0.29, 0.717) is 12.3 Å². The Morgan fingerprint density at radius 2 is 1.78 bits per heavy atom. The van der Waals surface area contributed by atoms with E-state index in [4.69, 9.17) is 5.73 Å². The summed E-state index contributed by atoms with van der Waals surface area (Å²) in [6, 6.07) is 12.1. The highest BCUT2D eigenvalue weighted by atomic mass is 16.3. The second kappa shape index (κ2) is 4.29. The fourth-order valence-electron chi connectivity index (χ4n) is 3.43. The van der Waals surface area contributed by atoms with Crippen molar-refractivity contribution in [3.05, 3.63) is 42.0 Å². The van der Waals surface area contributed by atoms with E-state index in [-0.39, 0.29) is 5.41 Å². The van der Waals surface area contributed by atoms with Crippen molar-refractivity contribution in [3.63, 3.8) is 0 Å². The Kier molecular flexibility index (Phi) is 2.75. The molecule has 3 rings (SSSR count). The van der Waals surface area contributed by atoms with Gasteiger partial charge in [-0.1, -0.05) is 43.2 Å². The van der Waals surface area contributed by atoms with Gasteiger partial charge in [-0.2, -0.15) is 0 Å². The number of hydrogen-bond donors (Lipinski definition) is 2. The first-order chi connectivity index (χ1) is 8.77. The third-order valence-corrected chi connectivity index (χ3v) is 4.39. The van der Waals surface area contributed by atoms with Gasteiger partial charge in [0.25, 0.3) is 0 Å². The van der Waals surface area contributed by atoms with Gasteiger partial charge >= 0.3 is 0 Å². The van der Waals surface area contributed by atoms with Gasteiger partial charge in [0, 0.05) is 17.5 Å². The van der Waals surface area contributed by atoms with E-state index < -0.39 is 0 Å². The fourth-order valence-corrected chi connectivity index (χ4v) is 3.43. The van der Waals surface area contributed by atoms with Crippen molar-refractivity contribution < 1.29 is 5.11 Å². The van der Waals surface area contributed by atoms with Crippen LogP contribution in [0.25, 0.3) is 10.8 Å². The Morgan fingerprint density at radius 3 is 2.50 bits per heavy atom. The zero-order valence-electron chi connectivity index (χ0n) is 10.5. The van der Waals surface area contributed by atoms with Gasteiger partial charge in [-0.05, 0) is 29.7 Å². The highest BCUT2D eigenvalue weighted by Gasteiger charge is 2.37. The Bertz CT molecular complexity index is 570. The van der Waals surface area contributed by atoms with Crippen molar-refractivity contribution in [2.24, 2.45) is 5.73 Å². The SMILES string of the molecule is NCC1(c2c(O)ccc3ccccc23)CCCC1. The van der Waals surface area contributed by atoms with E-state index >= 15 is 0 Å². The molecule has 1 aliphatic carbocycles. The largest absolute Gasteiger partial charge is 0.508 e. The molecule has 0 aromatic heterocycles. The maximum absolute atomic E-state index is 10.3. The summed E-state index contributed by atoms with van der Waals surface area (Å²) >= 11 is 0. The molecule has 1 saturated carbocycles. The maximum atomic E-state index is 10.3. The Balaban J connectivity index is 2.29. The fraction of sp³-hybridized carbons (Fsp3) is 0.375. The summed E-state index contributed by atoms with van der Waals surface area (Å²) in [4.78, 5) is 0. The van der Waals surface area contributed by atoms with Crippen LogP contribution in [-0.2, 0) is 5.41 Å². The molecular weight excluding hydrogens is 222 g/mol. The number of aromatic hydroxyl groups is 1. The first-order valence-corrected chi connectivity index (χ1v) is 6.68. The second-order valence-electron chi connectivity index (χ2n) is 5.37. The summed E-state index contributed by atoms with van der Waals surface area (Å²) in [5.41, 5.74) is 7.10. The predicted octanol–water partition coefficient (Wildman–Crippen LogP) is 3.32. The summed E-state index contributed by atoms with van der Waals surface area (Å²) < 4.78 is 0. The van der Waals surface area contributed by atoms with Crippen LogP contribution in [0.15, 0.2) is 36.4 Å². The second-order valence-corrected chi connectivity index (χ2v) is 5.37. The molecule has 0 saturated heterocycles. The first-order valence-electron chi connectivity index (χ1n) is 6.68. The summed E-state index contributed by atoms with van der Waals surface area (Å²) in [6.45, 7) is 0.620. The average Bonchev–Trinajstić information content (AvgIpc) is 2.88. The highest BCUT2D eigenvalue weighted by molar-refractivity contribution is 5.88. The predicted molar refractivity (Wildman–Crippen MR) is 74.8 cm³/mol. The topological polar surface area (TPSA) is 46.2 Å². The molecule has 2 heteroatoms. The van der Waals surface area contributed by atoms with E-state index in [1.54, 1.807) is 0 Å². The molecule has 0 radical (unpaired) electrons. The van der Waals surface area contributed by atoms with Crippen molar-refractivity contribution >= 4 is 10.8 Å². The molecular formula is C16H19NO. The lowest BCUT2D eigenvalue weighted by Crippen LogP contribution is -2.32.